The van der Waals surface area contributed by atoms with Gasteiger partial charge in [-0.25, -0.2) is 4.79 Å². The third kappa shape index (κ3) is 5.14. The zero-order valence-electron chi connectivity index (χ0n) is 14.8. The van der Waals surface area contributed by atoms with Crippen LogP contribution in [0.1, 0.15) is 18.1 Å². The van der Waals surface area contributed by atoms with Crippen molar-refractivity contribution in [3.05, 3.63) is 77.3 Å². The maximum atomic E-state index is 12.0. The van der Waals surface area contributed by atoms with Gasteiger partial charge in [-0.2, -0.15) is 0 Å². The van der Waals surface area contributed by atoms with E-state index >= 15 is 0 Å². The average Bonchev–Trinajstić information content (AvgIpc) is 2.67. The highest BCUT2D eigenvalue weighted by Gasteiger charge is 2.16. The summed E-state index contributed by atoms with van der Waals surface area (Å²) in [6.07, 6.45) is 3.40. The molecule has 4 nitrogen and oxygen atoms in total. The van der Waals surface area contributed by atoms with Crippen LogP contribution in [0, 0.1) is 0 Å². The van der Waals surface area contributed by atoms with Crippen molar-refractivity contribution in [1.82, 2.24) is 0 Å². The maximum Gasteiger partial charge on any atom is 0.338 e. The van der Waals surface area contributed by atoms with Crippen molar-refractivity contribution in [2.24, 2.45) is 0 Å². The number of methoxy groups -OCH3 is 1. The van der Waals surface area contributed by atoms with Gasteiger partial charge in [0.25, 0.3) is 0 Å². The maximum absolute atomic E-state index is 12.0. The molecule has 0 heterocycles. The van der Waals surface area contributed by atoms with E-state index in [0.29, 0.717) is 23.0 Å². The largest absolute Gasteiger partial charge is 0.490 e. The lowest BCUT2D eigenvalue weighted by Crippen LogP contribution is -2.08. The number of carbonyl (C=O) groups is 1. The Bertz CT molecular complexity index is 794. The van der Waals surface area contributed by atoms with Crippen LogP contribution in [0.4, 0.5) is 0 Å². The number of benzene rings is 2. The smallest absolute Gasteiger partial charge is 0.338 e. The summed E-state index contributed by atoms with van der Waals surface area (Å²) in [5.41, 5.74) is 1.99. The van der Waals surface area contributed by atoms with Crippen LogP contribution in [-0.2, 0) is 16.1 Å². The van der Waals surface area contributed by atoms with Gasteiger partial charge < -0.3 is 14.2 Å². The third-order valence-corrected chi connectivity index (χ3v) is 3.87. The molecule has 0 atom stereocenters. The molecular formula is C21H21ClO4. The van der Waals surface area contributed by atoms with Gasteiger partial charge in [-0.15, -0.1) is 0 Å². The number of esters is 1. The number of halogens is 1. The van der Waals surface area contributed by atoms with E-state index in [4.69, 9.17) is 25.8 Å². The second-order valence-electron chi connectivity index (χ2n) is 5.36. The molecule has 26 heavy (non-hydrogen) atoms. The predicted molar refractivity (Wildman–Crippen MR) is 104 cm³/mol. The first kappa shape index (κ1) is 19.6. The Morgan fingerprint density at radius 1 is 1.12 bits per heavy atom. The van der Waals surface area contributed by atoms with E-state index < -0.39 is 5.97 Å². The molecule has 0 radical (unpaired) electrons. The normalized spacial score (nSPS) is 11.0. The summed E-state index contributed by atoms with van der Waals surface area (Å²) in [6.45, 7) is 6.11. The van der Waals surface area contributed by atoms with Gasteiger partial charge in [0.1, 0.15) is 24.7 Å². The van der Waals surface area contributed by atoms with Crippen LogP contribution in [-0.4, -0.2) is 19.7 Å². The minimum Gasteiger partial charge on any atom is -0.490 e. The van der Waals surface area contributed by atoms with Crippen LogP contribution in [0.25, 0.3) is 5.57 Å². The van der Waals surface area contributed by atoms with Gasteiger partial charge >= 0.3 is 5.97 Å². The summed E-state index contributed by atoms with van der Waals surface area (Å²) in [5.74, 6) is 1.02. The number of rotatable bonds is 8. The Hall–Kier alpha value is -2.72. The lowest BCUT2D eigenvalue weighted by Gasteiger charge is -2.13. The van der Waals surface area contributed by atoms with Crippen LogP contribution in [0.3, 0.4) is 0 Å². The van der Waals surface area contributed by atoms with Gasteiger partial charge in [0, 0.05) is 5.02 Å². The molecule has 136 valence electrons. The van der Waals surface area contributed by atoms with Crippen molar-refractivity contribution < 1.29 is 19.0 Å². The molecule has 0 spiro atoms. The number of carbonyl (C=O) groups excluding carboxylic acids is 1. The molecule has 0 aliphatic rings. The Kier molecular flexibility index (Phi) is 7.30. The lowest BCUT2D eigenvalue weighted by atomic mass is 10.00. The summed E-state index contributed by atoms with van der Waals surface area (Å²) in [4.78, 5) is 12.0. The molecule has 0 saturated carbocycles. The standard InChI is InChI=1S/C21H21ClO4/c1-4-12-25-17-7-9-18(10-8-17)26-14-15-13-16(22)6-11-20(15)19(5-2)21(23)24-3/h4-11,13H,1,12,14H2,2-3H3. The summed E-state index contributed by atoms with van der Waals surface area (Å²) in [6, 6.07) is 12.6. The number of hydrogen-bond acceptors (Lipinski definition) is 4. The van der Waals surface area contributed by atoms with Gasteiger partial charge in [-0.3, -0.25) is 0 Å². The molecule has 5 heteroatoms. The Morgan fingerprint density at radius 2 is 1.77 bits per heavy atom. The average molecular weight is 373 g/mol. The first-order valence-corrected chi connectivity index (χ1v) is 8.46. The zero-order chi connectivity index (χ0) is 18.9. The van der Waals surface area contributed by atoms with E-state index in [1.807, 2.05) is 24.3 Å². The molecule has 0 bridgehead atoms. The molecule has 0 amide bonds. The molecule has 0 N–H and O–H groups in total. The predicted octanol–water partition coefficient (Wildman–Crippen LogP) is 5.06. The highest BCUT2D eigenvalue weighted by atomic mass is 35.5. The van der Waals surface area contributed by atoms with E-state index in [9.17, 15) is 4.79 Å². The van der Waals surface area contributed by atoms with Crippen molar-refractivity contribution in [1.29, 1.82) is 0 Å². The van der Waals surface area contributed by atoms with Gasteiger partial charge in [0.05, 0.1) is 12.7 Å². The minimum absolute atomic E-state index is 0.261. The third-order valence-electron chi connectivity index (χ3n) is 3.64. The van der Waals surface area contributed by atoms with Crippen molar-refractivity contribution in [3.63, 3.8) is 0 Å². The van der Waals surface area contributed by atoms with Crippen LogP contribution in [0.15, 0.2) is 61.2 Å². The van der Waals surface area contributed by atoms with E-state index in [0.717, 1.165) is 16.9 Å². The first-order chi connectivity index (χ1) is 12.6. The van der Waals surface area contributed by atoms with Crippen molar-refractivity contribution >= 4 is 23.1 Å². The van der Waals surface area contributed by atoms with Gasteiger partial charge in [-0.1, -0.05) is 36.4 Å². The van der Waals surface area contributed by atoms with Crippen LogP contribution < -0.4 is 9.47 Å². The fourth-order valence-electron chi connectivity index (χ4n) is 2.39. The molecule has 2 rings (SSSR count). The van der Waals surface area contributed by atoms with E-state index in [1.165, 1.54) is 7.11 Å². The Morgan fingerprint density at radius 3 is 2.35 bits per heavy atom. The van der Waals surface area contributed by atoms with E-state index in [-0.39, 0.29) is 6.61 Å². The highest BCUT2D eigenvalue weighted by Crippen LogP contribution is 2.26. The summed E-state index contributed by atoms with van der Waals surface area (Å²) < 4.78 is 16.1. The molecule has 0 saturated heterocycles. The van der Waals surface area contributed by atoms with Gasteiger partial charge in [0.15, 0.2) is 0 Å². The molecular weight excluding hydrogens is 352 g/mol. The Balaban J connectivity index is 2.17. The van der Waals surface area contributed by atoms with Gasteiger partial charge in [0.2, 0.25) is 0 Å². The second kappa shape index (κ2) is 9.68. The SMILES string of the molecule is C=CCOc1ccc(OCc2cc(Cl)ccc2C(=CC)C(=O)OC)cc1. The van der Waals surface area contributed by atoms with Crippen molar-refractivity contribution in [2.75, 3.05) is 13.7 Å². The van der Waals surface area contributed by atoms with E-state index in [2.05, 4.69) is 6.58 Å². The fraction of sp³-hybridized carbons (Fsp3) is 0.190. The summed E-state index contributed by atoms with van der Waals surface area (Å²) in [7, 11) is 1.36. The number of allylic oxidation sites excluding steroid dienone is 1. The van der Waals surface area contributed by atoms with E-state index in [1.54, 1.807) is 37.3 Å². The second-order valence-corrected chi connectivity index (χ2v) is 5.79. The fourth-order valence-corrected chi connectivity index (χ4v) is 2.58. The van der Waals surface area contributed by atoms with Crippen molar-refractivity contribution in [3.8, 4) is 11.5 Å². The van der Waals surface area contributed by atoms with Crippen LogP contribution in [0.2, 0.25) is 5.02 Å². The molecule has 0 unspecified atom stereocenters. The highest BCUT2D eigenvalue weighted by molar-refractivity contribution is 6.30. The summed E-state index contributed by atoms with van der Waals surface area (Å²) in [5, 5.41) is 0.570. The quantitative estimate of drug-likeness (QED) is 0.369. The van der Waals surface area contributed by atoms with Crippen molar-refractivity contribution in [2.45, 2.75) is 13.5 Å². The Labute approximate surface area is 158 Å². The van der Waals surface area contributed by atoms with Crippen LogP contribution >= 0.6 is 11.6 Å². The number of hydrogen-bond donors (Lipinski definition) is 0. The summed E-state index contributed by atoms with van der Waals surface area (Å²) >= 11 is 6.11. The minimum atomic E-state index is -0.403. The first-order valence-electron chi connectivity index (χ1n) is 8.09. The molecule has 0 fully saturated rings. The molecule has 2 aromatic carbocycles. The van der Waals surface area contributed by atoms with Gasteiger partial charge in [-0.05, 0) is 54.4 Å². The lowest BCUT2D eigenvalue weighted by molar-refractivity contribution is -0.133. The molecule has 0 aromatic heterocycles. The molecule has 0 aliphatic carbocycles. The number of ether oxygens (including phenoxy) is 3. The monoisotopic (exact) mass is 372 g/mol. The zero-order valence-corrected chi connectivity index (χ0v) is 15.6. The molecule has 0 aliphatic heterocycles. The van der Waals surface area contributed by atoms with Crippen LogP contribution in [0.5, 0.6) is 11.5 Å². The topological polar surface area (TPSA) is 44.8 Å². The molecule has 2 aromatic rings.